The molecule has 1 aromatic heterocycles. The van der Waals surface area contributed by atoms with Gasteiger partial charge in [0, 0.05) is 12.3 Å². The molecule has 0 bridgehead atoms. The van der Waals surface area contributed by atoms with Crippen molar-refractivity contribution in [2.45, 2.75) is 58.0 Å². The van der Waals surface area contributed by atoms with Crippen LogP contribution >= 0.6 is 0 Å². The third kappa shape index (κ3) is 2.77. The Hall–Kier alpha value is -1.25. The van der Waals surface area contributed by atoms with E-state index in [1.807, 2.05) is 13.0 Å². The van der Waals surface area contributed by atoms with Crippen molar-refractivity contribution in [1.29, 1.82) is 0 Å². The lowest BCUT2D eigenvalue weighted by Crippen LogP contribution is -2.33. The van der Waals surface area contributed by atoms with Crippen molar-refractivity contribution in [2.75, 3.05) is 7.11 Å². The van der Waals surface area contributed by atoms with Gasteiger partial charge in [0.2, 0.25) is 0 Å². The summed E-state index contributed by atoms with van der Waals surface area (Å²) in [6.45, 7) is 1.96. The highest BCUT2D eigenvalue weighted by atomic mass is 16.5. The molecule has 3 nitrogen and oxygen atoms in total. The van der Waals surface area contributed by atoms with Crippen LogP contribution in [0.2, 0.25) is 0 Å². The van der Waals surface area contributed by atoms with Crippen LogP contribution in [0.15, 0.2) is 12.3 Å². The molecule has 0 N–H and O–H groups in total. The molecule has 0 radical (unpaired) electrons. The van der Waals surface area contributed by atoms with Crippen LogP contribution in [0.5, 0.6) is 11.5 Å². The number of aromatic nitrogens is 1. The Labute approximate surface area is 121 Å². The largest absolute Gasteiger partial charge is 0.491 e. The Balaban J connectivity index is 1.68. The first-order chi connectivity index (χ1) is 9.78. The third-order valence-electron chi connectivity index (χ3n) is 5.04. The number of aryl methyl sites for hydroxylation is 1. The number of hydrogen-bond acceptors (Lipinski definition) is 3. The van der Waals surface area contributed by atoms with Crippen LogP contribution in [0, 0.1) is 18.8 Å². The lowest BCUT2D eigenvalue weighted by atomic mass is 9.70. The predicted octanol–water partition coefficient (Wildman–Crippen LogP) is 4.14. The van der Waals surface area contributed by atoms with Crippen molar-refractivity contribution in [3.8, 4) is 11.5 Å². The molecule has 3 atom stereocenters. The summed E-state index contributed by atoms with van der Waals surface area (Å²) < 4.78 is 11.7. The monoisotopic (exact) mass is 275 g/mol. The molecule has 0 spiro atoms. The van der Waals surface area contributed by atoms with Crippen molar-refractivity contribution in [1.82, 2.24) is 4.98 Å². The van der Waals surface area contributed by atoms with Crippen LogP contribution in [-0.4, -0.2) is 18.2 Å². The van der Waals surface area contributed by atoms with E-state index >= 15 is 0 Å². The van der Waals surface area contributed by atoms with Gasteiger partial charge in [-0.3, -0.25) is 4.98 Å². The first-order valence-corrected chi connectivity index (χ1v) is 7.94. The minimum Gasteiger partial charge on any atom is -0.491 e. The smallest absolute Gasteiger partial charge is 0.182 e. The summed E-state index contributed by atoms with van der Waals surface area (Å²) in [5.74, 6) is 3.50. The van der Waals surface area contributed by atoms with E-state index in [0.717, 1.165) is 29.0 Å². The van der Waals surface area contributed by atoms with Gasteiger partial charge in [-0.2, -0.15) is 0 Å². The third-order valence-corrected chi connectivity index (χ3v) is 5.04. The van der Waals surface area contributed by atoms with E-state index in [1.165, 1.54) is 44.9 Å². The molecule has 2 fully saturated rings. The maximum absolute atomic E-state index is 6.24. The van der Waals surface area contributed by atoms with Gasteiger partial charge in [0.05, 0.1) is 18.9 Å². The summed E-state index contributed by atoms with van der Waals surface area (Å²) in [7, 11) is 1.69. The van der Waals surface area contributed by atoms with Gasteiger partial charge in [0.15, 0.2) is 11.5 Å². The summed E-state index contributed by atoms with van der Waals surface area (Å²) in [4.78, 5) is 4.26. The van der Waals surface area contributed by atoms with Crippen LogP contribution in [0.25, 0.3) is 0 Å². The molecular formula is C17H25NO2. The van der Waals surface area contributed by atoms with E-state index in [4.69, 9.17) is 9.47 Å². The highest BCUT2D eigenvalue weighted by molar-refractivity contribution is 5.42. The molecule has 0 aliphatic heterocycles. The van der Waals surface area contributed by atoms with Gasteiger partial charge in [-0.25, -0.2) is 0 Å². The molecule has 3 unspecified atom stereocenters. The minimum absolute atomic E-state index is 0.352. The maximum atomic E-state index is 6.24. The molecule has 1 heterocycles. The second-order valence-electron chi connectivity index (χ2n) is 6.29. The number of rotatable bonds is 3. The van der Waals surface area contributed by atoms with Crippen molar-refractivity contribution in [3.63, 3.8) is 0 Å². The number of fused-ring (bicyclic) bond motifs is 1. The SMILES string of the molecule is COc1c(OC2CCC3CCCCC3C2)ccnc1C. The zero-order valence-corrected chi connectivity index (χ0v) is 12.6. The van der Waals surface area contributed by atoms with Crippen LogP contribution < -0.4 is 9.47 Å². The fourth-order valence-electron chi connectivity index (χ4n) is 3.99. The molecule has 2 aliphatic carbocycles. The fourth-order valence-corrected chi connectivity index (χ4v) is 3.99. The van der Waals surface area contributed by atoms with Gasteiger partial charge in [-0.1, -0.05) is 25.7 Å². The van der Waals surface area contributed by atoms with Gasteiger partial charge in [-0.15, -0.1) is 0 Å². The predicted molar refractivity (Wildman–Crippen MR) is 79.2 cm³/mol. The van der Waals surface area contributed by atoms with Gasteiger partial charge < -0.3 is 9.47 Å². The van der Waals surface area contributed by atoms with Gasteiger partial charge in [0.25, 0.3) is 0 Å². The summed E-state index contributed by atoms with van der Waals surface area (Å²) in [6.07, 6.45) is 11.6. The first-order valence-electron chi connectivity index (χ1n) is 7.94. The molecular weight excluding hydrogens is 250 g/mol. The van der Waals surface area contributed by atoms with E-state index in [0.29, 0.717) is 6.10 Å². The summed E-state index contributed by atoms with van der Waals surface area (Å²) in [5, 5.41) is 0. The second-order valence-corrected chi connectivity index (χ2v) is 6.29. The second kappa shape index (κ2) is 6.02. The molecule has 3 rings (SSSR count). The van der Waals surface area contributed by atoms with Crippen LogP contribution in [-0.2, 0) is 0 Å². The normalized spacial score (nSPS) is 29.6. The van der Waals surface area contributed by atoms with E-state index in [2.05, 4.69) is 4.98 Å². The number of pyridine rings is 1. The number of nitrogens with zero attached hydrogens (tertiary/aromatic N) is 1. The Kier molecular flexibility index (Phi) is 4.13. The molecule has 2 saturated carbocycles. The Morgan fingerprint density at radius 1 is 1.10 bits per heavy atom. The zero-order chi connectivity index (χ0) is 13.9. The van der Waals surface area contributed by atoms with E-state index in [1.54, 1.807) is 13.3 Å². The molecule has 20 heavy (non-hydrogen) atoms. The van der Waals surface area contributed by atoms with Crippen LogP contribution in [0.3, 0.4) is 0 Å². The van der Waals surface area contributed by atoms with Gasteiger partial charge >= 0.3 is 0 Å². The lowest BCUT2D eigenvalue weighted by Gasteiger charge is -2.39. The molecule has 1 aromatic rings. The van der Waals surface area contributed by atoms with Crippen molar-refractivity contribution in [3.05, 3.63) is 18.0 Å². The molecule has 0 saturated heterocycles. The maximum Gasteiger partial charge on any atom is 0.182 e. The highest BCUT2D eigenvalue weighted by Gasteiger charge is 2.33. The van der Waals surface area contributed by atoms with E-state index in [-0.39, 0.29) is 0 Å². The highest BCUT2D eigenvalue weighted by Crippen LogP contribution is 2.42. The van der Waals surface area contributed by atoms with Gasteiger partial charge in [0.1, 0.15) is 0 Å². The lowest BCUT2D eigenvalue weighted by molar-refractivity contribution is 0.0628. The molecule has 110 valence electrons. The summed E-state index contributed by atoms with van der Waals surface area (Å²) >= 11 is 0. The average molecular weight is 275 g/mol. The fraction of sp³-hybridized carbons (Fsp3) is 0.706. The van der Waals surface area contributed by atoms with Crippen LogP contribution in [0.1, 0.15) is 50.6 Å². The molecule has 3 heteroatoms. The number of hydrogen-bond donors (Lipinski definition) is 0. The first kappa shape index (κ1) is 13.7. The summed E-state index contributed by atoms with van der Waals surface area (Å²) in [6, 6.07) is 1.93. The standard InChI is InChI=1S/C17H25NO2/c1-12-17(19-2)16(9-10-18-12)20-15-8-7-13-5-3-4-6-14(13)11-15/h9-10,13-15H,3-8,11H2,1-2H3. The quantitative estimate of drug-likeness (QED) is 0.831. The van der Waals surface area contributed by atoms with Crippen LogP contribution in [0.4, 0.5) is 0 Å². The van der Waals surface area contributed by atoms with E-state index < -0.39 is 0 Å². The molecule has 2 aliphatic rings. The Bertz CT molecular complexity index is 460. The average Bonchev–Trinajstić information content (AvgIpc) is 2.47. The summed E-state index contributed by atoms with van der Waals surface area (Å²) in [5.41, 5.74) is 0.899. The topological polar surface area (TPSA) is 31.4 Å². The van der Waals surface area contributed by atoms with Crippen molar-refractivity contribution < 1.29 is 9.47 Å². The van der Waals surface area contributed by atoms with Crippen molar-refractivity contribution in [2.24, 2.45) is 11.8 Å². The number of ether oxygens (including phenoxy) is 2. The van der Waals surface area contributed by atoms with Crippen molar-refractivity contribution >= 4 is 0 Å². The number of methoxy groups -OCH3 is 1. The molecule has 0 amide bonds. The molecule has 0 aromatic carbocycles. The zero-order valence-electron chi connectivity index (χ0n) is 12.6. The van der Waals surface area contributed by atoms with Gasteiger partial charge in [-0.05, 0) is 38.0 Å². The Morgan fingerprint density at radius 2 is 1.90 bits per heavy atom. The van der Waals surface area contributed by atoms with E-state index in [9.17, 15) is 0 Å². The minimum atomic E-state index is 0.352. The Morgan fingerprint density at radius 3 is 2.70 bits per heavy atom.